The van der Waals surface area contributed by atoms with E-state index >= 15 is 0 Å². The van der Waals surface area contributed by atoms with Gasteiger partial charge in [-0.15, -0.1) is 0 Å². The number of anilines is 1. The highest BCUT2D eigenvalue weighted by atomic mass is 127. The lowest BCUT2D eigenvalue weighted by Crippen LogP contribution is -2.23. The van der Waals surface area contributed by atoms with Crippen LogP contribution < -0.4 is 5.32 Å². The van der Waals surface area contributed by atoms with Crippen LogP contribution in [0.25, 0.3) is 0 Å². The molecule has 1 amide bonds. The fourth-order valence-corrected chi connectivity index (χ4v) is 2.04. The zero-order valence-corrected chi connectivity index (χ0v) is 9.09. The molecule has 7 heteroatoms. The van der Waals surface area contributed by atoms with E-state index in [0.29, 0.717) is 15.9 Å². The number of nitrogens with zero attached hydrogens (tertiary/aromatic N) is 2. The van der Waals surface area contributed by atoms with Gasteiger partial charge in [0, 0.05) is 6.42 Å². The van der Waals surface area contributed by atoms with Crippen LogP contribution in [0.4, 0.5) is 14.6 Å². The third kappa shape index (κ3) is 1.49. The van der Waals surface area contributed by atoms with E-state index in [4.69, 9.17) is 0 Å². The zero-order valence-electron chi connectivity index (χ0n) is 6.93. The molecule has 76 valence electrons. The highest BCUT2D eigenvalue weighted by Gasteiger charge is 2.26. The summed E-state index contributed by atoms with van der Waals surface area (Å²) < 4.78 is 26.6. The monoisotopic (exact) mass is 313 g/mol. The van der Waals surface area contributed by atoms with Gasteiger partial charge in [-0.3, -0.25) is 4.79 Å². The minimum Gasteiger partial charge on any atom is -0.310 e. The molecule has 1 aromatic rings. The molecule has 2 heterocycles. The van der Waals surface area contributed by atoms with Crippen molar-refractivity contribution in [2.75, 3.05) is 5.32 Å². The molecule has 0 spiro atoms. The summed E-state index contributed by atoms with van der Waals surface area (Å²) in [6.07, 6.45) is -2.31. The molecule has 0 radical (unpaired) electrons. The van der Waals surface area contributed by atoms with Crippen LogP contribution in [-0.2, 0) is 11.3 Å². The number of halogens is 3. The molecule has 0 fully saturated rings. The molecule has 0 atom stereocenters. The van der Waals surface area contributed by atoms with Crippen LogP contribution in [0.1, 0.15) is 18.5 Å². The maximum absolute atomic E-state index is 12.4. The smallest absolute Gasteiger partial charge is 0.283 e. The highest BCUT2D eigenvalue weighted by molar-refractivity contribution is 14.1. The van der Waals surface area contributed by atoms with E-state index in [1.54, 1.807) is 22.6 Å². The summed E-state index contributed by atoms with van der Waals surface area (Å²) in [6, 6.07) is 0. The first kappa shape index (κ1) is 9.81. The van der Waals surface area contributed by atoms with Gasteiger partial charge >= 0.3 is 0 Å². The Balaban J connectivity index is 2.46. The van der Waals surface area contributed by atoms with Gasteiger partial charge in [-0.2, -0.15) is 5.10 Å². The van der Waals surface area contributed by atoms with Gasteiger partial charge in [-0.05, 0) is 22.6 Å². The number of rotatable bonds is 1. The van der Waals surface area contributed by atoms with Crippen LogP contribution in [-0.4, -0.2) is 15.7 Å². The molecule has 0 saturated heterocycles. The molecule has 1 N–H and O–H groups in total. The normalized spacial score (nSPS) is 15.6. The van der Waals surface area contributed by atoms with E-state index in [2.05, 4.69) is 10.4 Å². The maximum Gasteiger partial charge on any atom is 0.283 e. The van der Waals surface area contributed by atoms with Gasteiger partial charge in [0.25, 0.3) is 6.43 Å². The predicted molar refractivity (Wildman–Crippen MR) is 53.1 cm³/mol. The van der Waals surface area contributed by atoms with Crippen molar-refractivity contribution in [3.63, 3.8) is 0 Å². The molecular weight excluding hydrogens is 307 g/mol. The first-order valence-corrected chi connectivity index (χ1v) is 5.01. The quantitative estimate of drug-likeness (QED) is 0.803. The Morgan fingerprint density at radius 1 is 1.57 bits per heavy atom. The van der Waals surface area contributed by atoms with E-state index in [1.807, 2.05) is 0 Å². The average Bonchev–Trinajstić information content (AvgIpc) is 2.44. The molecule has 0 bridgehead atoms. The number of carbonyl (C=O) groups excluding carboxylic acids is 1. The minimum absolute atomic E-state index is 0.156. The summed E-state index contributed by atoms with van der Waals surface area (Å²) in [5.41, 5.74) is -0.261. The van der Waals surface area contributed by atoms with Crippen molar-refractivity contribution in [1.29, 1.82) is 0 Å². The topological polar surface area (TPSA) is 46.9 Å². The van der Waals surface area contributed by atoms with E-state index in [9.17, 15) is 13.6 Å². The lowest BCUT2D eigenvalue weighted by Gasteiger charge is -2.13. The first-order valence-electron chi connectivity index (χ1n) is 3.94. The third-order valence-corrected chi connectivity index (χ3v) is 3.00. The van der Waals surface area contributed by atoms with E-state index < -0.39 is 6.43 Å². The summed E-state index contributed by atoms with van der Waals surface area (Å²) in [5.74, 6) is 0.230. The summed E-state index contributed by atoms with van der Waals surface area (Å²) in [7, 11) is 0. The van der Waals surface area contributed by atoms with Crippen LogP contribution in [0.2, 0.25) is 0 Å². The first-order chi connectivity index (χ1) is 6.59. The molecule has 2 rings (SSSR count). The van der Waals surface area contributed by atoms with Gasteiger partial charge < -0.3 is 5.32 Å². The van der Waals surface area contributed by atoms with Crippen molar-refractivity contribution in [3.05, 3.63) is 9.26 Å². The van der Waals surface area contributed by atoms with Crippen molar-refractivity contribution >= 4 is 34.3 Å². The number of fused-ring (bicyclic) bond motifs is 1. The minimum atomic E-state index is -2.60. The number of aromatic nitrogens is 2. The fraction of sp³-hybridized carbons (Fsp3) is 0.429. The molecule has 1 aromatic heterocycles. The second-order valence-electron chi connectivity index (χ2n) is 2.87. The third-order valence-electron chi connectivity index (χ3n) is 1.93. The Hall–Kier alpha value is -0.730. The molecule has 0 aliphatic carbocycles. The molecule has 0 aromatic carbocycles. The standard InChI is InChI=1S/C7H6F2IN3O/c8-6(9)5-4(10)7-11-3(14)1-2-13(7)12-5/h6H,1-2H2,(H,11,14). The van der Waals surface area contributed by atoms with Gasteiger partial charge in [-0.25, -0.2) is 13.5 Å². The summed E-state index contributed by atoms with van der Waals surface area (Å²) >= 11 is 1.77. The van der Waals surface area contributed by atoms with Crippen molar-refractivity contribution in [2.45, 2.75) is 19.4 Å². The van der Waals surface area contributed by atoms with Crippen LogP contribution in [0, 0.1) is 3.57 Å². The number of alkyl halides is 2. The number of carbonyl (C=O) groups is 1. The van der Waals surface area contributed by atoms with Crippen molar-refractivity contribution in [1.82, 2.24) is 9.78 Å². The molecule has 0 unspecified atom stereocenters. The van der Waals surface area contributed by atoms with E-state index in [1.165, 1.54) is 4.68 Å². The van der Waals surface area contributed by atoms with Crippen molar-refractivity contribution < 1.29 is 13.6 Å². The van der Waals surface area contributed by atoms with Gasteiger partial charge in [-0.1, -0.05) is 0 Å². The number of amides is 1. The molecule has 0 saturated carbocycles. The fourth-order valence-electron chi connectivity index (χ4n) is 1.28. The van der Waals surface area contributed by atoms with Gasteiger partial charge in [0.1, 0.15) is 11.5 Å². The van der Waals surface area contributed by atoms with Gasteiger partial charge in [0.2, 0.25) is 5.91 Å². The second-order valence-corrected chi connectivity index (χ2v) is 3.95. The summed E-state index contributed by atoms with van der Waals surface area (Å²) in [5, 5.41) is 6.25. The lowest BCUT2D eigenvalue weighted by molar-refractivity contribution is -0.116. The van der Waals surface area contributed by atoms with E-state index in [0.717, 1.165) is 0 Å². The van der Waals surface area contributed by atoms with Crippen molar-refractivity contribution in [2.24, 2.45) is 0 Å². The highest BCUT2D eigenvalue weighted by Crippen LogP contribution is 2.30. The number of hydrogen-bond donors (Lipinski definition) is 1. The Bertz CT molecular complexity index is 391. The summed E-state index contributed by atoms with van der Waals surface area (Å²) in [6.45, 7) is 0.365. The molecule has 1 aliphatic heterocycles. The second kappa shape index (κ2) is 3.44. The molecule has 4 nitrogen and oxygen atoms in total. The number of aryl methyl sites for hydroxylation is 1. The van der Waals surface area contributed by atoms with Crippen LogP contribution in [0.5, 0.6) is 0 Å². The SMILES string of the molecule is O=C1CCn2nc(C(F)F)c(I)c2N1. The average molecular weight is 313 g/mol. The maximum atomic E-state index is 12.4. The van der Waals surface area contributed by atoms with Crippen LogP contribution in [0.3, 0.4) is 0 Å². The number of nitrogens with one attached hydrogen (secondary N) is 1. The largest absolute Gasteiger partial charge is 0.310 e. The van der Waals surface area contributed by atoms with E-state index in [-0.39, 0.29) is 18.0 Å². The number of hydrogen-bond acceptors (Lipinski definition) is 2. The lowest BCUT2D eigenvalue weighted by atomic mass is 10.3. The van der Waals surface area contributed by atoms with Crippen LogP contribution >= 0.6 is 22.6 Å². The summed E-state index contributed by atoms with van der Waals surface area (Å²) in [4.78, 5) is 11.0. The van der Waals surface area contributed by atoms with Crippen LogP contribution in [0.15, 0.2) is 0 Å². The Morgan fingerprint density at radius 3 is 2.93 bits per heavy atom. The predicted octanol–water partition coefficient (Wildman–Crippen LogP) is 1.77. The Kier molecular flexibility index (Phi) is 2.41. The Morgan fingerprint density at radius 2 is 2.29 bits per heavy atom. The molecule has 1 aliphatic rings. The van der Waals surface area contributed by atoms with Gasteiger partial charge in [0.05, 0.1) is 10.1 Å². The molecular formula is C7H6F2IN3O. The van der Waals surface area contributed by atoms with Gasteiger partial charge in [0.15, 0.2) is 0 Å². The van der Waals surface area contributed by atoms with Crippen molar-refractivity contribution in [3.8, 4) is 0 Å². The Labute approximate surface area is 91.8 Å². The molecule has 14 heavy (non-hydrogen) atoms. The zero-order chi connectivity index (χ0) is 10.3.